The molecule has 6 heteroatoms. The number of fused-ring (bicyclic) bond motifs is 1. The number of hydrogen-bond acceptors (Lipinski definition) is 5. The molecule has 0 bridgehead atoms. The van der Waals surface area contributed by atoms with Gasteiger partial charge in [-0.25, -0.2) is 19.6 Å². The second kappa shape index (κ2) is 5.79. The van der Waals surface area contributed by atoms with Gasteiger partial charge < -0.3 is 5.32 Å². The largest absolute Gasteiger partial charge is 0.360 e. The van der Waals surface area contributed by atoms with Gasteiger partial charge in [0.15, 0.2) is 5.82 Å². The van der Waals surface area contributed by atoms with E-state index in [9.17, 15) is 0 Å². The van der Waals surface area contributed by atoms with E-state index in [2.05, 4.69) is 25.4 Å². The van der Waals surface area contributed by atoms with Crippen molar-refractivity contribution in [1.82, 2.24) is 24.7 Å². The fourth-order valence-electron chi connectivity index (χ4n) is 2.95. The molecule has 4 rings (SSSR count). The van der Waals surface area contributed by atoms with Crippen molar-refractivity contribution in [3.05, 3.63) is 54.2 Å². The molecule has 0 amide bonds. The summed E-state index contributed by atoms with van der Waals surface area (Å²) in [5, 5.41) is 7.93. The summed E-state index contributed by atoms with van der Waals surface area (Å²) in [6.07, 6.45) is 3.91. The molecule has 1 aromatic carbocycles. The highest BCUT2D eigenvalue weighted by molar-refractivity contribution is 5.56. The normalized spacial score (nSPS) is 16.8. The molecule has 0 aliphatic carbocycles. The molecule has 0 saturated heterocycles. The first-order chi connectivity index (χ1) is 11.3. The molecule has 3 heterocycles. The maximum absolute atomic E-state index is 4.64. The average Bonchev–Trinajstić information content (AvgIpc) is 2.97. The number of aryl methyl sites for hydroxylation is 2. The van der Waals surface area contributed by atoms with Crippen LogP contribution in [0.3, 0.4) is 0 Å². The number of anilines is 1. The molecule has 0 fully saturated rings. The Morgan fingerprint density at radius 1 is 1.13 bits per heavy atom. The van der Waals surface area contributed by atoms with Gasteiger partial charge in [0.1, 0.15) is 17.5 Å². The first-order valence-corrected chi connectivity index (χ1v) is 7.86. The van der Waals surface area contributed by atoms with Gasteiger partial charge in [-0.15, -0.1) is 0 Å². The topological polar surface area (TPSA) is 68.5 Å². The molecular formula is C17H18N6. The number of hydrogen-bond donors (Lipinski definition) is 1. The lowest BCUT2D eigenvalue weighted by atomic mass is 10.1. The van der Waals surface area contributed by atoms with E-state index in [0.29, 0.717) is 0 Å². The van der Waals surface area contributed by atoms with Crippen molar-refractivity contribution in [3.63, 3.8) is 0 Å². The molecule has 116 valence electrons. The number of rotatable bonds is 3. The molecule has 0 radical (unpaired) electrons. The molecule has 3 aromatic rings. The fourth-order valence-corrected chi connectivity index (χ4v) is 2.95. The van der Waals surface area contributed by atoms with Crippen LogP contribution in [-0.4, -0.2) is 24.7 Å². The maximum Gasteiger partial charge on any atom is 0.161 e. The second-order valence-corrected chi connectivity index (χ2v) is 5.71. The highest BCUT2D eigenvalue weighted by Gasteiger charge is 2.23. The predicted octanol–water partition coefficient (Wildman–Crippen LogP) is 2.99. The molecule has 2 aromatic heterocycles. The Kier molecular flexibility index (Phi) is 3.49. The molecule has 0 spiro atoms. The van der Waals surface area contributed by atoms with Gasteiger partial charge in [-0.05, 0) is 25.8 Å². The van der Waals surface area contributed by atoms with E-state index < -0.39 is 0 Å². The zero-order valence-corrected chi connectivity index (χ0v) is 13.0. The lowest BCUT2D eigenvalue weighted by Crippen LogP contribution is -2.23. The number of benzene rings is 1. The zero-order valence-electron chi connectivity index (χ0n) is 13.0. The van der Waals surface area contributed by atoms with Crippen LogP contribution in [0.15, 0.2) is 42.6 Å². The summed E-state index contributed by atoms with van der Waals surface area (Å²) < 4.78 is 2.00. The summed E-state index contributed by atoms with van der Waals surface area (Å²) in [5.74, 6) is 3.36. The molecule has 1 N–H and O–H groups in total. The smallest absolute Gasteiger partial charge is 0.161 e. The summed E-state index contributed by atoms with van der Waals surface area (Å²) in [6.45, 7) is 2.87. The molecule has 1 aliphatic rings. The molecule has 1 unspecified atom stereocenters. The third-order valence-electron chi connectivity index (χ3n) is 3.99. The van der Waals surface area contributed by atoms with Crippen molar-refractivity contribution >= 4 is 5.82 Å². The second-order valence-electron chi connectivity index (χ2n) is 5.71. The molecule has 0 saturated carbocycles. The lowest BCUT2D eigenvalue weighted by Gasteiger charge is -2.23. The molecule has 1 atom stereocenters. The summed E-state index contributed by atoms with van der Waals surface area (Å²) in [4.78, 5) is 13.6. The van der Waals surface area contributed by atoms with Gasteiger partial charge in [-0.1, -0.05) is 30.3 Å². The van der Waals surface area contributed by atoms with Crippen LogP contribution < -0.4 is 5.32 Å². The minimum atomic E-state index is 0.142. The number of aromatic nitrogens is 5. The summed E-state index contributed by atoms with van der Waals surface area (Å²) >= 11 is 0. The van der Waals surface area contributed by atoms with Crippen LogP contribution in [0.5, 0.6) is 0 Å². The molecule has 1 aliphatic heterocycles. The van der Waals surface area contributed by atoms with Gasteiger partial charge >= 0.3 is 0 Å². The fraction of sp³-hybridized carbons (Fsp3) is 0.294. The van der Waals surface area contributed by atoms with Gasteiger partial charge in [0, 0.05) is 18.3 Å². The Labute approximate surface area is 134 Å². The van der Waals surface area contributed by atoms with Crippen molar-refractivity contribution < 1.29 is 0 Å². The van der Waals surface area contributed by atoms with Crippen LogP contribution >= 0.6 is 0 Å². The van der Waals surface area contributed by atoms with Crippen LogP contribution in [0.25, 0.3) is 11.4 Å². The van der Waals surface area contributed by atoms with Crippen molar-refractivity contribution in [3.8, 4) is 11.4 Å². The van der Waals surface area contributed by atoms with Crippen LogP contribution in [0, 0.1) is 6.92 Å². The van der Waals surface area contributed by atoms with E-state index in [1.807, 2.05) is 48.0 Å². The minimum Gasteiger partial charge on any atom is -0.360 e. The summed E-state index contributed by atoms with van der Waals surface area (Å²) in [7, 11) is 0. The standard InChI is InChI=1S/C17H18N6/c1-12-19-17-14(8-5-11-23(17)22-12)20-15-9-10-18-16(21-15)13-6-3-2-4-7-13/h2-4,6-7,9-10,14H,5,8,11H2,1H3,(H,18,20,21). The zero-order chi connectivity index (χ0) is 15.6. The van der Waals surface area contributed by atoms with Gasteiger partial charge in [-0.3, -0.25) is 0 Å². The molecule has 23 heavy (non-hydrogen) atoms. The Morgan fingerprint density at radius 2 is 2.00 bits per heavy atom. The SMILES string of the molecule is Cc1nc2n(n1)CCCC2Nc1ccnc(-c2ccccc2)n1. The molecule has 6 nitrogen and oxygen atoms in total. The quantitative estimate of drug-likeness (QED) is 0.805. The van der Waals surface area contributed by atoms with Crippen LogP contribution in [0.4, 0.5) is 5.82 Å². The van der Waals surface area contributed by atoms with Crippen molar-refractivity contribution in [2.24, 2.45) is 0 Å². The molecular weight excluding hydrogens is 288 g/mol. The third-order valence-corrected chi connectivity index (χ3v) is 3.99. The number of nitrogens with zero attached hydrogens (tertiary/aromatic N) is 5. The first kappa shape index (κ1) is 13.9. The Morgan fingerprint density at radius 3 is 2.87 bits per heavy atom. The highest BCUT2D eigenvalue weighted by atomic mass is 15.4. The van der Waals surface area contributed by atoms with E-state index in [1.54, 1.807) is 6.20 Å². The Bertz CT molecular complexity index is 811. The lowest BCUT2D eigenvalue weighted by molar-refractivity contribution is 0.437. The van der Waals surface area contributed by atoms with E-state index >= 15 is 0 Å². The van der Waals surface area contributed by atoms with Gasteiger partial charge in [-0.2, -0.15) is 5.10 Å². The third kappa shape index (κ3) is 2.79. The number of nitrogens with one attached hydrogen (secondary N) is 1. The van der Waals surface area contributed by atoms with Crippen LogP contribution in [0.1, 0.15) is 30.5 Å². The van der Waals surface area contributed by atoms with Gasteiger partial charge in [0.2, 0.25) is 0 Å². The van der Waals surface area contributed by atoms with E-state index in [0.717, 1.165) is 48.2 Å². The maximum atomic E-state index is 4.64. The van der Waals surface area contributed by atoms with E-state index in [-0.39, 0.29) is 6.04 Å². The van der Waals surface area contributed by atoms with Crippen LogP contribution in [-0.2, 0) is 6.54 Å². The van der Waals surface area contributed by atoms with E-state index in [1.165, 1.54) is 0 Å². The monoisotopic (exact) mass is 306 g/mol. The summed E-state index contributed by atoms with van der Waals surface area (Å²) in [6, 6.07) is 12.0. The van der Waals surface area contributed by atoms with Crippen molar-refractivity contribution in [2.75, 3.05) is 5.32 Å². The van der Waals surface area contributed by atoms with E-state index in [4.69, 9.17) is 0 Å². The summed E-state index contributed by atoms with van der Waals surface area (Å²) in [5.41, 5.74) is 1.01. The van der Waals surface area contributed by atoms with Crippen LogP contribution in [0.2, 0.25) is 0 Å². The van der Waals surface area contributed by atoms with Crippen molar-refractivity contribution in [1.29, 1.82) is 0 Å². The van der Waals surface area contributed by atoms with Gasteiger partial charge in [0.25, 0.3) is 0 Å². The Hall–Kier alpha value is -2.76. The first-order valence-electron chi connectivity index (χ1n) is 7.86. The predicted molar refractivity (Wildman–Crippen MR) is 87.8 cm³/mol. The average molecular weight is 306 g/mol. The minimum absolute atomic E-state index is 0.142. The van der Waals surface area contributed by atoms with Gasteiger partial charge in [0.05, 0.1) is 6.04 Å². The highest BCUT2D eigenvalue weighted by Crippen LogP contribution is 2.27. The Balaban J connectivity index is 1.61. The van der Waals surface area contributed by atoms with Crippen molar-refractivity contribution in [2.45, 2.75) is 32.4 Å².